The Labute approximate surface area is 161 Å². The van der Waals surface area contributed by atoms with Crippen LogP contribution in [0.1, 0.15) is 33.1 Å². The number of rotatable bonds is 4. The van der Waals surface area contributed by atoms with E-state index in [1.54, 1.807) is 23.4 Å². The van der Waals surface area contributed by atoms with Crippen LogP contribution in [0.15, 0.2) is 18.5 Å². The lowest BCUT2D eigenvalue weighted by Crippen LogP contribution is -2.47. The first-order valence-electron chi connectivity index (χ1n) is 9.85. The highest BCUT2D eigenvalue weighted by atomic mass is 16.2. The van der Waals surface area contributed by atoms with Crippen molar-refractivity contribution in [3.8, 4) is 0 Å². The molecule has 0 aromatic carbocycles. The minimum atomic E-state index is -0.477. The minimum Gasteiger partial charge on any atom is -0.348 e. The summed E-state index contributed by atoms with van der Waals surface area (Å²) in [5, 5.41) is 0. The van der Waals surface area contributed by atoms with Gasteiger partial charge in [-0.3, -0.25) is 9.59 Å². The minimum absolute atomic E-state index is 0.0924. The van der Waals surface area contributed by atoms with Gasteiger partial charge < -0.3 is 14.7 Å². The highest BCUT2D eigenvalue weighted by Gasteiger charge is 2.54. The molecule has 0 radical (unpaired) electrons. The fraction of sp³-hybridized carbons (Fsp3) is 0.700. The quantitative estimate of drug-likeness (QED) is 0.803. The number of carbonyl (C=O) groups excluding carboxylic acids is 2. The first-order chi connectivity index (χ1) is 12.8. The molecule has 3 heterocycles. The molecule has 148 valence electrons. The van der Waals surface area contributed by atoms with Crippen molar-refractivity contribution in [1.29, 1.82) is 0 Å². The van der Waals surface area contributed by atoms with Gasteiger partial charge in [-0.15, -0.1) is 0 Å². The van der Waals surface area contributed by atoms with E-state index >= 15 is 0 Å². The number of amides is 2. The van der Waals surface area contributed by atoms with E-state index < -0.39 is 5.41 Å². The zero-order valence-electron chi connectivity index (χ0n) is 16.9. The monoisotopic (exact) mass is 373 g/mol. The Bertz CT molecular complexity index is 678. The van der Waals surface area contributed by atoms with Crippen molar-refractivity contribution in [2.45, 2.75) is 33.1 Å². The molecule has 7 heteroatoms. The standard InChI is InChI=1S/C20H31N5O2/c1-15(2)11-17(26)24-10-5-7-20(18(27)23(3)4)14-25(13-16(20)12-24)19-21-8-6-9-22-19/h6,8-9,15-16H,5,7,10-14H2,1-4H3/t16-,20-/m0/s1. The lowest BCUT2D eigenvalue weighted by Gasteiger charge is -2.34. The molecular formula is C20H31N5O2. The van der Waals surface area contributed by atoms with Crippen LogP contribution in [0.25, 0.3) is 0 Å². The highest BCUT2D eigenvalue weighted by Crippen LogP contribution is 2.44. The summed E-state index contributed by atoms with van der Waals surface area (Å²) >= 11 is 0. The molecule has 0 unspecified atom stereocenters. The summed E-state index contributed by atoms with van der Waals surface area (Å²) in [6.45, 7) is 6.83. The van der Waals surface area contributed by atoms with Gasteiger partial charge in [-0.25, -0.2) is 9.97 Å². The molecule has 0 bridgehead atoms. The number of likely N-dealkylation sites (tertiary alicyclic amines) is 1. The highest BCUT2D eigenvalue weighted by molar-refractivity contribution is 5.85. The van der Waals surface area contributed by atoms with Crippen LogP contribution in [0, 0.1) is 17.3 Å². The Morgan fingerprint density at radius 1 is 1.26 bits per heavy atom. The van der Waals surface area contributed by atoms with Crippen LogP contribution >= 0.6 is 0 Å². The van der Waals surface area contributed by atoms with E-state index in [0.29, 0.717) is 37.9 Å². The van der Waals surface area contributed by atoms with Crippen molar-refractivity contribution in [1.82, 2.24) is 19.8 Å². The van der Waals surface area contributed by atoms with Gasteiger partial charge in [-0.1, -0.05) is 13.8 Å². The van der Waals surface area contributed by atoms with E-state index in [1.807, 2.05) is 19.0 Å². The fourth-order valence-electron chi connectivity index (χ4n) is 4.54. The summed E-state index contributed by atoms with van der Waals surface area (Å²) in [5.41, 5.74) is -0.477. The summed E-state index contributed by atoms with van der Waals surface area (Å²) in [4.78, 5) is 40.5. The van der Waals surface area contributed by atoms with Gasteiger partial charge in [0.15, 0.2) is 0 Å². The van der Waals surface area contributed by atoms with Gasteiger partial charge in [0.1, 0.15) is 0 Å². The zero-order chi connectivity index (χ0) is 19.6. The van der Waals surface area contributed by atoms with Crippen molar-refractivity contribution in [3.63, 3.8) is 0 Å². The van der Waals surface area contributed by atoms with Crippen molar-refractivity contribution in [2.24, 2.45) is 17.3 Å². The molecule has 2 aliphatic heterocycles. The van der Waals surface area contributed by atoms with Crippen LogP contribution in [0.2, 0.25) is 0 Å². The second-order valence-electron chi connectivity index (χ2n) is 8.52. The molecule has 7 nitrogen and oxygen atoms in total. The number of hydrogen-bond donors (Lipinski definition) is 0. The van der Waals surface area contributed by atoms with Crippen LogP contribution in [-0.2, 0) is 9.59 Å². The van der Waals surface area contributed by atoms with Crippen molar-refractivity contribution in [2.75, 3.05) is 45.2 Å². The van der Waals surface area contributed by atoms with E-state index in [4.69, 9.17) is 0 Å². The van der Waals surface area contributed by atoms with E-state index in [1.165, 1.54) is 0 Å². The van der Waals surface area contributed by atoms with Gasteiger partial charge in [0.2, 0.25) is 17.8 Å². The zero-order valence-corrected chi connectivity index (χ0v) is 16.9. The van der Waals surface area contributed by atoms with Gasteiger partial charge in [0.25, 0.3) is 0 Å². The predicted molar refractivity (Wildman–Crippen MR) is 104 cm³/mol. The first kappa shape index (κ1) is 19.6. The number of nitrogens with zero attached hydrogens (tertiary/aromatic N) is 5. The molecule has 0 aliphatic carbocycles. The van der Waals surface area contributed by atoms with Crippen LogP contribution < -0.4 is 4.90 Å². The molecule has 1 aromatic rings. The lowest BCUT2D eigenvalue weighted by atomic mass is 9.74. The molecule has 27 heavy (non-hydrogen) atoms. The third-order valence-electron chi connectivity index (χ3n) is 5.79. The SMILES string of the molecule is CC(C)CC(=O)N1CCC[C@]2(C(=O)N(C)C)CN(c3ncccn3)C[C@@H]2C1. The second kappa shape index (κ2) is 7.82. The van der Waals surface area contributed by atoms with E-state index in [9.17, 15) is 9.59 Å². The molecule has 2 atom stereocenters. The summed E-state index contributed by atoms with van der Waals surface area (Å²) in [5.74, 6) is 1.45. The van der Waals surface area contributed by atoms with Crippen LogP contribution in [0.4, 0.5) is 5.95 Å². The number of aromatic nitrogens is 2. The number of carbonyl (C=O) groups is 2. The molecule has 2 amide bonds. The average Bonchev–Trinajstić information content (AvgIpc) is 2.90. The number of anilines is 1. The molecule has 3 rings (SSSR count). The molecular weight excluding hydrogens is 342 g/mol. The molecule has 2 saturated heterocycles. The largest absolute Gasteiger partial charge is 0.348 e. The summed E-state index contributed by atoms with van der Waals surface area (Å²) in [6.07, 6.45) is 5.67. The smallest absolute Gasteiger partial charge is 0.230 e. The molecule has 2 aliphatic rings. The normalized spacial score (nSPS) is 25.3. The van der Waals surface area contributed by atoms with Gasteiger partial charge in [0.05, 0.1) is 5.41 Å². The Kier molecular flexibility index (Phi) is 5.67. The van der Waals surface area contributed by atoms with E-state index in [2.05, 4.69) is 28.7 Å². The average molecular weight is 374 g/mol. The summed E-state index contributed by atoms with van der Waals surface area (Å²) in [6, 6.07) is 1.80. The van der Waals surface area contributed by atoms with Gasteiger partial charge in [-0.2, -0.15) is 0 Å². The molecule has 0 spiro atoms. The van der Waals surface area contributed by atoms with Crippen LogP contribution in [-0.4, -0.2) is 71.9 Å². The predicted octanol–water partition coefficient (Wildman–Crippen LogP) is 1.66. The van der Waals surface area contributed by atoms with Gasteiger partial charge >= 0.3 is 0 Å². The third kappa shape index (κ3) is 3.92. The Morgan fingerprint density at radius 3 is 2.59 bits per heavy atom. The molecule has 1 aromatic heterocycles. The van der Waals surface area contributed by atoms with Gasteiger partial charge in [0, 0.05) is 65.0 Å². The van der Waals surface area contributed by atoms with Gasteiger partial charge in [-0.05, 0) is 24.8 Å². The van der Waals surface area contributed by atoms with Crippen molar-refractivity contribution >= 4 is 17.8 Å². The molecule has 2 fully saturated rings. The maximum Gasteiger partial charge on any atom is 0.230 e. The fourth-order valence-corrected chi connectivity index (χ4v) is 4.54. The maximum absolute atomic E-state index is 13.2. The molecule has 0 N–H and O–H groups in total. The Hall–Kier alpha value is -2.18. The molecule has 0 saturated carbocycles. The van der Waals surface area contributed by atoms with Crippen molar-refractivity contribution in [3.05, 3.63) is 18.5 Å². The Morgan fingerprint density at radius 2 is 1.96 bits per heavy atom. The summed E-state index contributed by atoms with van der Waals surface area (Å²) in [7, 11) is 3.64. The Balaban J connectivity index is 1.88. The van der Waals surface area contributed by atoms with Crippen molar-refractivity contribution < 1.29 is 9.59 Å². The van der Waals surface area contributed by atoms with E-state index in [0.717, 1.165) is 19.4 Å². The van der Waals surface area contributed by atoms with Crippen LogP contribution in [0.3, 0.4) is 0 Å². The number of hydrogen-bond acceptors (Lipinski definition) is 5. The first-order valence-corrected chi connectivity index (χ1v) is 9.85. The van der Waals surface area contributed by atoms with E-state index in [-0.39, 0.29) is 17.7 Å². The number of fused-ring (bicyclic) bond motifs is 1. The lowest BCUT2D eigenvalue weighted by molar-refractivity contribution is -0.142. The maximum atomic E-state index is 13.2. The van der Waals surface area contributed by atoms with Crippen LogP contribution in [0.5, 0.6) is 0 Å². The third-order valence-corrected chi connectivity index (χ3v) is 5.79. The summed E-state index contributed by atoms with van der Waals surface area (Å²) < 4.78 is 0. The topological polar surface area (TPSA) is 69.6 Å². The second-order valence-corrected chi connectivity index (χ2v) is 8.52.